The number of rotatable bonds is 6. The molecule has 2 saturated heterocycles. The van der Waals surface area contributed by atoms with Crippen molar-refractivity contribution >= 4 is 21.8 Å². The Labute approximate surface area is 150 Å². The lowest BCUT2D eigenvalue weighted by Crippen LogP contribution is -2.57. The van der Waals surface area contributed by atoms with Gasteiger partial charge in [-0.1, -0.05) is 13.3 Å². The molecule has 2 aliphatic rings. The first-order valence-corrected chi connectivity index (χ1v) is 10.9. The van der Waals surface area contributed by atoms with Crippen molar-refractivity contribution < 1.29 is 18.0 Å². The summed E-state index contributed by atoms with van der Waals surface area (Å²) < 4.78 is 25.2. The molecule has 2 fully saturated rings. The lowest BCUT2D eigenvalue weighted by atomic mass is 10.0. The van der Waals surface area contributed by atoms with Crippen LogP contribution in [0.2, 0.25) is 0 Å². The molecule has 1 atom stereocenters. The monoisotopic (exact) mass is 374 g/mol. The summed E-state index contributed by atoms with van der Waals surface area (Å²) in [7, 11) is -3.37. The topological polar surface area (TPSA) is 90.0 Å². The van der Waals surface area contributed by atoms with Crippen LogP contribution in [0, 0.1) is 0 Å². The maximum absolute atomic E-state index is 12.8. The average Bonchev–Trinajstić information content (AvgIpc) is 2.59. The Morgan fingerprint density at radius 2 is 1.76 bits per heavy atom. The molecule has 0 aromatic rings. The van der Waals surface area contributed by atoms with Crippen molar-refractivity contribution in [2.45, 2.75) is 38.6 Å². The molecular formula is C16H30N4O4S. The van der Waals surface area contributed by atoms with Crippen LogP contribution in [0.25, 0.3) is 0 Å². The van der Waals surface area contributed by atoms with E-state index >= 15 is 0 Å². The molecule has 2 amide bonds. The first-order chi connectivity index (χ1) is 11.8. The number of piperazine rings is 1. The summed E-state index contributed by atoms with van der Waals surface area (Å²) >= 11 is 0. The van der Waals surface area contributed by atoms with Crippen LogP contribution in [-0.4, -0.2) is 92.4 Å². The van der Waals surface area contributed by atoms with Gasteiger partial charge < -0.3 is 10.2 Å². The van der Waals surface area contributed by atoms with Gasteiger partial charge >= 0.3 is 0 Å². The Kier molecular flexibility index (Phi) is 7.21. The Hall–Kier alpha value is -1.19. The number of nitrogens with zero attached hydrogens (tertiary/aromatic N) is 3. The number of hydrogen-bond donors (Lipinski definition) is 1. The van der Waals surface area contributed by atoms with Crippen LogP contribution in [-0.2, 0) is 19.6 Å². The van der Waals surface area contributed by atoms with Crippen LogP contribution in [0.15, 0.2) is 0 Å². The molecule has 8 nitrogen and oxygen atoms in total. The van der Waals surface area contributed by atoms with E-state index in [4.69, 9.17) is 0 Å². The summed E-state index contributed by atoms with van der Waals surface area (Å²) in [4.78, 5) is 28.4. The third-order valence-electron chi connectivity index (χ3n) is 4.79. The van der Waals surface area contributed by atoms with Gasteiger partial charge in [0.15, 0.2) is 0 Å². The highest BCUT2D eigenvalue weighted by atomic mass is 32.2. The maximum Gasteiger partial charge on any atom is 0.241 e. The fourth-order valence-corrected chi connectivity index (χ4v) is 4.53. The zero-order chi connectivity index (χ0) is 18.4. The van der Waals surface area contributed by atoms with E-state index in [0.717, 1.165) is 19.3 Å². The van der Waals surface area contributed by atoms with Gasteiger partial charge in [-0.15, -0.1) is 0 Å². The second kappa shape index (κ2) is 8.95. The lowest BCUT2D eigenvalue weighted by Gasteiger charge is -2.39. The van der Waals surface area contributed by atoms with Crippen molar-refractivity contribution in [2.24, 2.45) is 0 Å². The molecule has 0 saturated carbocycles. The maximum atomic E-state index is 12.8. The largest absolute Gasteiger partial charge is 0.355 e. The van der Waals surface area contributed by atoms with Gasteiger partial charge in [0.1, 0.15) is 6.04 Å². The van der Waals surface area contributed by atoms with E-state index in [0.29, 0.717) is 52.2 Å². The summed E-state index contributed by atoms with van der Waals surface area (Å²) in [5.41, 5.74) is 0. The summed E-state index contributed by atoms with van der Waals surface area (Å²) in [6, 6.07) is -0.567. The van der Waals surface area contributed by atoms with E-state index in [1.165, 1.54) is 10.6 Å². The molecule has 9 heteroatoms. The van der Waals surface area contributed by atoms with Crippen molar-refractivity contribution in [1.29, 1.82) is 0 Å². The number of carbonyl (C=O) groups excluding carboxylic acids is 2. The minimum Gasteiger partial charge on any atom is -0.355 e. The minimum atomic E-state index is -3.37. The number of hydrogen-bond acceptors (Lipinski definition) is 5. The van der Waals surface area contributed by atoms with Crippen LogP contribution < -0.4 is 5.32 Å². The smallest absolute Gasteiger partial charge is 0.241 e. The number of sulfonamides is 1. The van der Waals surface area contributed by atoms with Gasteiger partial charge in [0.25, 0.3) is 0 Å². The number of carbonyl (C=O) groups is 2. The minimum absolute atomic E-state index is 0.0113. The number of piperidine rings is 1. The van der Waals surface area contributed by atoms with E-state index in [1.807, 2.05) is 11.8 Å². The average molecular weight is 375 g/mol. The molecule has 144 valence electrons. The molecule has 1 N–H and O–H groups in total. The first kappa shape index (κ1) is 20.1. The standard InChI is InChI=1S/C16H30N4O4S/c1-3-7-17-15(21)13-18-9-11-19(12-10-18)16(22)14-6-4-5-8-20(14)25(2,23)24/h14H,3-13H2,1-2H3,(H,17,21). The highest BCUT2D eigenvalue weighted by molar-refractivity contribution is 7.88. The van der Waals surface area contributed by atoms with Crippen molar-refractivity contribution in [3.8, 4) is 0 Å². The van der Waals surface area contributed by atoms with Gasteiger partial charge in [-0.3, -0.25) is 14.5 Å². The van der Waals surface area contributed by atoms with Crippen LogP contribution in [0.3, 0.4) is 0 Å². The predicted octanol–water partition coefficient (Wildman–Crippen LogP) is -0.529. The molecule has 2 heterocycles. The SMILES string of the molecule is CCCNC(=O)CN1CCN(C(=O)C2CCCCN2S(C)(=O)=O)CC1. The van der Waals surface area contributed by atoms with Crippen LogP contribution in [0.1, 0.15) is 32.6 Å². The number of nitrogens with one attached hydrogen (secondary N) is 1. The van der Waals surface area contributed by atoms with Gasteiger partial charge in [0.2, 0.25) is 21.8 Å². The van der Waals surface area contributed by atoms with Gasteiger partial charge in [-0.25, -0.2) is 8.42 Å². The summed E-state index contributed by atoms with van der Waals surface area (Å²) in [5.74, 6) is -0.0858. The number of amides is 2. The van der Waals surface area contributed by atoms with E-state index in [9.17, 15) is 18.0 Å². The Balaban J connectivity index is 1.87. The second-order valence-electron chi connectivity index (χ2n) is 6.84. The Morgan fingerprint density at radius 3 is 2.36 bits per heavy atom. The lowest BCUT2D eigenvalue weighted by molar-refractivity contribution is -0.138. The molecule has 2 aliphatic heterocycles. The van der Waals surface area contributed by atoms with Gasteiger partial charge in [-0.05, 0) is 19.3 Å². The fourth-order valence-electron chi connectivity index (χ4n) is 3.41. The molecule has 25 heavy (non-hydrogen) atoms. The molecule has 0 spiro atoms. The molecule has 0 radical (unpaired) electrons. The normalized spacial score (nSPS) is 23.4. The molecule has 0 bridgehead atoms. The Bertz CT molecular complexity index is 573. The van der Waals surface area contributed by atoms with E-state index < -0.39 is 16.1 Å². The third-order valence-corrected chi connectivity index (χ3v) is 6.08. The molecule has 0 aromatic carbocycles. The van der Waals surface area contributed by atoms with E-state index in [1.54, 1.807) is 4.90 Å². The van der Waals surface area contributed by atoms with Gasteiger partial charge in [-0.2, -0.15) is 4.31 Å². The highest BCUT2D eigenvalue weighted by Crippen LogP contribution is 2.22. The summed E-state index contributed by atoms with van der Waals surface area (Å²) in [5, 5.41) is 2.85. The van der Waals surface area contributed by atoms with Crippen LogP contribution >= 0.6 is 0 Å². The zero-order valence-electron chi connectivity index (χ0n) is 15.2. The molecule has 1 unspecified atom stereocenters. The molecule has 0 aliphatic carbocycles. The zero-order valence-corrected chi connectivity index (χ0v) is 16.1. The molecule has 0 aromatic heterocycles. The second-order valence-corrected chi connectivity index (χ2v) is 8.77. The summed E-state index contributed by atoms with van der Waals surface area (Å²) in [6.07, 6.45) is 4.35. The van der Waals surface area contributed by atoms with Crippen molar-refractivity contribution in [2.75, 3.05) is 52.1 Å². The quantitative estimate of drug-likeness (QED) is 0.675. The predicted molar refractivity (Wildman–Crippen MR) is 95.5 cm³/mol. The molecule has 2 rings (SSSR count). The van der Waals surface area contributed by atoms with Crippen LogP contribution in [0.5, 0.6) is 0 Å². The van der Waals surface area contributed by atoms with Crippen molar-refractivity contribution in [3.63, 3.8) is 0 Å². The molecular weight excluding hydrogens is 344 g/mol. The van der Waals surface area contributed by atoms with Gasteiger partial charge in [0.05, 0.1) is 12.8 Å². The summed E-state index contributed by atoms with van der Waals surface area (Å²) in [6.45, 7) is 5.81. The van der Waals surface area contributed by atoms with E-state index in [-0.39, 0.29) is 11.8 Å². The van der Waals surface area contributed by atoms with Gasteiger partial charge in [0, 0.05) is 39.3 Å². The fraction of sp³-hybridized carbons (Fsp3) is 0.875. The first-order valence-electron chi connectivity index (χ1n) is 9.07. The van der Waals surface area contributed by atoms with E-state index in [2.05, 4.69) is 5.32 Å². The third kappa shape index (κ3) is 5.65. The van der Waals surface area contributed by atoms with Crippen molar-refractivity contribution in [3.05, 3.63) is 0 Å². The van der Waals surface area contributed by atoms with Crippen LogP contribution in [0.4, 0.5) is 0 Å². The Morgan fingerprint density at radius 1 is 1.08 bits per heavy atom. The van der Waals surface area contributed by atoms with Crippen molar-refractivity contribution in [1.82, 2.24) is 19.4 Å². The highest BCUT2D eigenvalue weighted by Gasteiger charge is 2.37.